The third-order valence-corrected chi connectivity index (χ3v) is 5.40. The van der Waals surface area contributed by atoms with E-state index in [1.807, 2.05) is 20.8 Å². The van der Waals surface area contributed by atoms with Crippen LogP contribution in [0.5, 0.6) is 0 Å². The molecule has 2 aliphatic rings. The van der Waals surface area contributed by atoms with Crippen LogP contribution in [0.25, 0.3) is 0 Å². The first-order chi connectivity index (χ1) is 12.5. The van der Waals surface area contributed by atoms with Crippen LogP contribution in [0.15, 0.2) is 35.8 Å². The third kappa shape index (κ3) is 3.60. The maximum Gasteiger partial charge on any atom is 0.228 e. The van der Waals surface area contributed by atoms with Crippen molar-refractivity contribution < 1.29 is 9.53 Å². The van der Waals surface area contributed by atoms with Crippen LogP contribution in [0.3, 0.4) is 0 Å². The van der Waals surface area contributed by atoms with Gasteiger partial charge in [0.15, 0.2) is 5.82 Å². The van der Waals surface area contributed by atoms with Crippen molar-refractivity contribution in [3.05, 3.63) is 35.6 Å². The molecule has 3 atom stereocenters. The van der Waals surface area contributed by atoms with Gasteiger partial charge < -0.3 is 9.64 Å². The Labute approximate surface area is 160 Å². The summed E-state index contributed by atoms with van der Waals surface area (Å²) in [5, 5.41) is 2.81. The van der Waals surface area contributed by atoms with Crippen LogP contribution in [-0.4, -0.2) is 45.6 Å². The Balaban J connectivity index is 1.81. The number of carbonyl (C=O) groups excluding carboxylic acids is 1. The van der Waals surface area contributed by atoms with E-state index in [9.17, 15) is 9.70 Å². The molecule has 2 saturated heterocycles. The lowest BCUT2D eigenvalue weighted by atomic mass is 9.76. The molecule has 0 spiro atoms. The highest BCUT2D eigenvalue weighted by atomic mass is 16.5. The van der Waals surface area contributed by atoms with Gasteiger partial charge in [-0.25, -0.2) is 4.98 Å². The third-order valence-electron chi connectivity index (χ3n) is 5.40. The number of hydrogen-bond acceptors (Lipinski definition) is 6. The second-order valence-electron chi connectivity index (χ2n) is 8.70. The van der Waals surface area contributed by atoms with Crippen molar-refractivity contribution in [2.24, 2.45) is 5.18 Å². The number of rotatable bonds is 4. The van der Waals surface area contributed by atoms with Crippen LogP contribution in [-0.2, 0) is 9.53 Å². The molecule has 3 unspecified atom stereocenters. The molecular weight excluding hydrogens is 344 g/mol. The summed E-state index contributed by atoms with van der Waals surface area (Å²) in [5.41, 5.74) is 0.104. The summed E-state index contributed by atoms with van der Waals surface area (Å²) < 4.78 is 6.06. The Hall–Kier alpha value is -2.28. The van der Waals surface area contributed by atoms with Crippen LogP contribution in [0.1, 0.15) is 47.5 Å². The quantitative estimate of drug-likeness (QED) is 0.594. The largest absolute Gasteiger partial charge is 0.491 e. The van der Waals surface area contributed by atoms with E-state index in [2.05, 4.69) is 35.5 Å². The molecule has 0 bridgehead atoms. The maximum absolute atomic E-state index is 12.8. The normalized spacial score (nSPS) is 28.8. The van der Waals surface area contributed by atoms with Crippen molar-refractivity contribution in [1.29, 1.82) is 0 Å². The molecule has 146 valence electrons. The summed E-state index contributed by atoms with van der Waals surface area (Å²) in [7, 11) is 0. The summed E-state index contributed by atoms with van der Waals surface area (Å²) in [4.78, 5) is 31.5. The minimum atomic E-state index is -0.303. The zero-order chi connectivity index (χ0) is 20.0. The predicted molar refractivity (Wildman–Crippen MR) is 105 cm³/mol. The fourth-order valence-electron chi connectivity index (χ4n) is 4.31. The molecule has 0 saturated carbocycles. The molecular formula is C20H28N4O3. The van der Waals surface area contributed by atoms with Crippen molar-refractivity contribution >= 4 is 17.4 Å². The minimum absolute atomic E-state index is 0.0624. The smallest absolute Gasteiger partial charge is 0.228 e. The first kappa shape index (κ1) is 19.5. The van der Waals surface area contributed by atoms with Crippen LogP contribution in [0.2, 0.25) is 0 Å². The summed E-state index contributed by atoms with van der Waals surface area (Å²) in [6.07, 6.45) is 2.82. The molecule has 3 heterocycles. The Morgan fingerprint density at radius 1 is 1.41 bits per heavy atom. The Kier molecular flexibility index (Phi) is 4.84. The molecule has 2 aliphatic heterocycles. The Morgan fingerprint density at radius 2 is 2.11 bits per heavy atom. The van der Waals surface area contributed by atoms with Crippen LogP contribution < -0.4 is 4.90 Å². The van der Waals surface area contributed by atoms with Gasteiger partial charge in [-0.1, -0.05) is 6.58 Å². The number of aromatic nitrogens is 1. The summed E-state index contributed by atoms with van der Waals surface area (Å²) in [6.45, 7) is 15.0. The van der Waals surface area contributed by atoms with Gasteiger partial charge >= 0.3 is 0 Å². The van der Waals surface area contributed by atoms with Gasteiger partial charge in [-0.3, -0.25) is 9.69 Å². The fraction of sp³-hybridized carbons (Fsp3) is 0.600. The van der Waals surface area contributed by atoms with E-state index in [4.69, 9.17) is 4.74 Å². The van der Waals surface area contributed by atoms with Crippen LogP contribution >= 0.6 is 0 Å². The fourth-order valence-corrected chi connectivity index (χ4v) is 4.31. The van der Waals surface area contributed by atoms with Gasteiger partial charge in [-0.05, 0) is 58.3 Å². The van der Waals surface area contributed by atoms with Gasteiger partial charge in [0, 0.05) is 25.0 Å². The van der Waals surface area contributed by atoms with E-state index in [0.29, 0.717) is 18.7 Å². The average molecular weight is 372 g/mol. The molecule has 0 radical (unpaired) electrons. The first-order valence-corrected chi connectivity index (χ1v) is 9.32. The van der Waals surface area contributed by atoms with E-state index >= 15 is 0 Å². The van der Waals surface area contributed by atoms with Gasteiger partial charge in [-0.2, -0.15) is 0 Å². The van der Waals surface area contributed by atoms with Gasteiger partial charge in [0.1, 0.15) is 11.4 Å². The highest BCUT2D eigenvalue weighted by Gasteiger charge is 2.55. The van der Waals surface area contributed by atoms with E-state index in [1.165, 1.54) is 12.3 Å². The first-order valence-electron chi connectivity index (χ1n) is 9.32. The lowest BCUT2D eigenvalue weighted by Gasteiger charge is -2.59. The zero-order valence-corrected chi connectivity index (χ0v) is 16.7. The molecule has 0 aliphatic carbocycles. The number of pyridine rings is 1. The molecule has 0 aromatic carbocycles. The Bertz CT molecular complexity index is 755. The van der Waals surface area contributed by atoms with Crippen molar-refractivity contribution in [3.8, 4) is 0 Å². The minimum Gasteiger partial charge on any atom is -0.491 e. The van der Waals surface area contributed by atoms with Crippen molar-refractivity contribution in [1.82, 2.24) is 9.88 Å². The topological polar surface area (TPSA) is 75.1 Å². The van der Waals surface area contributed by atoms with E-state index in [0.717, 1.165) is 12.2 Å². The molecule has 7 nitrogen and oxygen atoms in total. The lowest BCUT2D eigenvalue weighted by molar-refractivity contribution is -0.127. The molecule has 27 heavy (non-hydrogen) atoms. The number of nitrogens with zero attached hydrogens (tertiary/aromatic N) is 4. The number of fused-ring (bicyclic) bond motifs is 1. The summed E-state index contributed by atoms with van der Waals surface area (Å²) in [5.74, 6) is 0.926. The number of amides is 1. The van der Waals surface area contributed by atoms with Crippen molar-refractivity contribution in [2.45, 2.75) is 70.7 Å². The SMILES string of the molecule is C=C(OC(C)(C)C)C1(C)CC2CC(=O)N(c3ccc(N=O)nc3)CC(C)N21. The maximum atomic E-state index is 12.8. The predicted octanol–water partition coefficient (Wildman–Crippen LogP) is 3.77. The van der Waals surface area contributed by atoms with E-state index in [-0.39, 0.29) is 34.9 Å². The number of ether oxygens (including phenoxy) is 1. The second-order valence-corrected chi connectivity index (χ2v) is 8.70. The Morgan fingerprint density at radius 3 is 2.67 bits per heavy atom. The standard InChI is InChI=1S/C20H28N4O3/c1-13-12-23(15-7-8-17(22-26)21-11-15)18(25)9-16-10-20(6,24(13)16)14(2)27-19(3,4)5/h7-8,11,13,16H,2,9-10,12H2,1,3-6H3. The molecule has 2 fully saturated rings. The molecule has 1 amide bonds. The van der Waals surface area contributed by atoms with Gasteiger partial charge in [0.25, 0.3) is 0 Å². The molecule has 1 aromatic heterocycles. The average Bonchev–Trinajstić information content (AvgIpc) is 2.66. The van der Waals surface area contributed by atoms with Crippen LogP contribution in [0.4, 0.5) is 11.5 Å². The molecule has 1 aromatic rings. The number of anilines is 1. The highest BCUT2D eigenvalue weighted by Crippen LogP contribution is 2.47. The second kappa shape index (κ2) is 6.71. The van der Waals surface area contributed by atoms with Crippen molar-refractivity contribution in [3.63, 3.8) is 0 Å². The van der Waals surface area contributed by atoms with E-state index in [1.54, 1.807) is 11.0 Å². The molecule has 3 rings (SSSR count). The van der Waals surface area contributed by atoms with Gasteiger partial charge in [-0.15, -0.1) is 4.91 Å². The lowest BCUT2D eigenvalue weighted by Crippen LogP contribution is -2.68. The number of hydrogen-bond donors (Lipinski definition) is 0. The van der Waals surface area contributed by atoms with Gasteiger partial charge in [0.2, 0.25) is 5.91 Å². The number of nitroso groups, excluding NO2 is 1. The van der Waals surface area contributed by atoms with Gasteiger partial charge in [0.05, 0.1) is 17.4 Å². The molecule has 7 heteroatoms. The zero-order valence-electron chi connectivity index (χ0n) is 16.7. The summed E-state index contributed by atoms with van der Waals surface area (Å²) in [6, 6.07) is 3.55. The number of carbonyl (C=O) groups is 1. The molecule has 0 N–H and O–H groups in total. The van der Waals surface area contributed by atoms with Crippen molar-refractivity contribution in [2.75, 3.05) is 11.4 Å². The summed E-state index contributed by atoms with van der Waals surface area (Å²) >= 11 is 0. The van der Waals surface area contributed by atoms with E-state index < -0.39 is 0 Å². The van der Waals surface area contributed by atoms with Crippen LogP contribution in [0, 0.1) is 4.91 Å². The highest BCUT2D eigenvalue weighted by molar-refractivity contribution is 5.94. The monoisotopic (exact) mass is 372 g/mol.